The zero-order valence-electron chi connectivity index (χ0n) is 5.16. The van der Waals surface area contributed by atoms with Crippen LogP contribution in [0.25, 0.3) is 0 Å². The molecule has 0 aliphatic rings. The van der Waals surface area contributed by atoms with Gasteiger partial charge in [-0.05, 0) is 17.1 Å². The van der Waals surface area contributed by atoms with Gasteiger partial charge in [-0.3, -0.25) is 0 Å². The molecule has 0 fully saturated rings. The minimum Gasteiger partial charge on any atom is -0.160 e. The largest absolute Gasteiger partial charge is 0.509 e. The Bertz CT molecular complexity index is 129. The number of hydrogen-bond acceptors (Lipinski definition) is 1. The number of allylic oxidation sites excluding steroid dienone is 3. The molecule has 0 bridgehead atoms. The first-order valence-electron chi connectivity index (χ1n) is 2.67. The van der Waals surface area contributed by atoms with Gasteiger partial charge in [0.15, 0.2) is 6.16 Å². The van der Waals surface area contributed by atoms with Crippen molar-refractivity contribution in [2.24, 2.45) is 0 Å². The van der Waals surface area contributed by atoms with Gasteiger partial charge in [0.1, 0.15) is 0 Å². The normalized spacial score (nSPS) is 11.9. The van der Waals surface area contributed by atoms with Crippen molar-refractivity contribution in [2.75, 3.05) is 6.16 Å². The second-order valence-corrected chi connectivity index (χ2v) is 2.60. The molecular weight excluding hydrogens is 135 g/mol. The molecule has 3 heteroatoms. The summed E-state index contributed by atoms with van der Waals surface area (Å²) >= 11 is 0. The highest BCUT2D eigenvalue weighted by Crippen LogP contribution is 2.11. The van der Waals surface area contributed by atoms with Gasteiger partial charge in [0, 0.05) is 0 Å². The molecular formula is C6H10O2P+. The molecule has 0 heterocycles. The van der Waals surface area contributed by atoms with Crippen LogP contribution in [-0.4, -0.2) is 11.1 Å². The fourth-order valence-corrected chi connectivity index (χ4v) is 0.687. The summed E-state index contributed by atoms with van der Waals surface area (Å²) in [6.45, 7) is 3.49. The van der Waals surface area contributed by atoms with Gasteiger partial charge in [0.25, 0.3) is 0 Å². The molecule has 0 aliphatic heterocycles. The molecule has 0 amide bonds. The Morgan fingerprint density at radius 3 is 2.67 bits per heavy atom. The number of rotatable bonds is 4. The van der Waals surface area contributed by atoms with Crippen molar-refractivity contribution in [2.45, 2.75) is 6.42 Å². The number of hydrogen-bond donors (Lipinski definition) is 1. The average Bonchev–Trinajstić information content (AvgIpc) is 1.80. The summed E-state index contributed by atoms with van der Waals surface area (Å²) in [5.41, 5.74) is 0. The zero-order valence-corrected chi connectivity index (χ0v) is 6.05. The third kappa shape index (κ3) is 7.54. The van der Waals surface area contributed by atoms with Crippen LogP contribution in [-0.2, 0) is 4.57 Å². The lowest BCUT2D eigenvalue weighted by Crippen LogP contribution is -1.66. The van der Waals surface area contributed by atoms with Gasteiger partial charge in [-0.15, -0.1) is 6.58 Å². The third-order valence-electron chi connectivity index (χ3n) is 0.731. The molecule has 0 rings (SSSR count). The predicted molar refractivity (Wildman–Crippen MR) is 38.6 cm³/mol. The van der Waals surface area contributed by atoms with E-state index in [1.54, 1.807) is 12.2 Å². The molecule has 0 spiro atoms. The van der Waals surface area contributed by atoms with Crippen molar-refractivity contribution in [3.8, 4) is 0 Å². The van der Waals surface area contributed by atoms with E-state index in [2.05, 4.69) is 6.58 Å². The minimum absolute atomic E-state index is 0.253. The summed E-state index contributed by atoms with van der Waals surface area (Å²) < 4.78 is 10.0. The summed E-state index contributed by atoms with van der Waals surface area (Å²) in [6.07, 6.45) is 6.25. The van der Waals surface area contributed by atoms with Crippen LogP contribution in [0.3, 0.4) is 0 Å². The smallest absolute Gasteiger partial charge is 0.160 e. The van der Waals surface area contributed by atoms with Crippen molar-refractivity contribution in [1.29, 1.82) is 0 Å². The van der Waals surface area contributed by atoms with Crippen molar-refractivity contribution in [3.63, 3.8) is 0 Å². The highest BCUT2D eigenvalue weighted by molar-refractivity contribution is 7.38. The van der Waals surface area contributed by atoms with Crippen LogP contribution >= 0.6 is 8.03 Å². The van der Waals surface area contributed by atoms with Crippen molar-refractivity contribution in [3.05, 3.63) is 24.8 Å². The molecule has 9 heavy (non-hydrogen) atoms. The Hall–Kier alpha value is -0.460. The lowest BCUT2D eigenvalue weighted by Gasteiger charge is -1.73. The van der Waals surface area contributed by atoms with E-state index < -0.39 is 8.03 Å². The Morgan fingerprint density at radius 2 is 2.22 bits per heavy atom. The summed E-state index contributed by atoms with van der Waals surface area (Å²) in [5, 5.41) is 0. The maximum atomic E-state index is 10.0. The molecule has 0 aromatic carbocycles. The van der Waals surface area contributed by atoms with Crippen molar-refractivity contribution in [1.82, 2.24) is 0 Å². The molecule has 0 radical (unpaired) electrons. The van der Waals surface area contributed by atoms with Crippen LogP contribution in [0.15, 0.2) is 24.8 Å². The van der Waals surface area contributed by atoms with E-state index in [9.17, 15) is 4.57 Å². The minimum atomic E-state index is -1.99. The first kappa shape index (κ1) is 8.54. The molecule has 1 N–H and O–H groups in total. The van der Waals surface area contributed by atoms with Crippen LogP contribution in [0, 0.1) is 0 Å². The molecule has 1 atom stereocenters. The van der Waals surface area contributed by atoms with Crippen LogP contribution < -0.4 is 0 Å². The Balaban J connectivity index is 3.24. The Labute approximate surface area is 55.8 Å². The predicted octanol–water partition coefficient (Wildman–Crippen LogP) is 1.85. The maximum Gasteiger partial charge on any atom is 0.509 e. The lowest BCUT2D eigenvalue weighted by atomic mass is 10.4. The van der Waals surface area contributed by atoms with Crippen molar-refractivity contribution < 1.29 is 9.46 Å². The topological polar surface area (TPSA) is 37.3 Å². The standard InChI is InChI=1S/C6H9O2P/c1-2-3-4-5-6-9(7)8/h2,4-5H,1,3,6H2/p+1. The Morgan fingerprint density at radius 1 is 1.56 bits per heavy atom. The molecule has 50 valence electrons. The van der Waals surface area contributed by atoms with E-state index in [1.165, 1.54) is 0 Å². The molecule has 0 saturated carbocycles. The van der Waals surface area contributed by atoms with Gasteiger partial charge in [-0.1, -0.05) is 12.2 Å². The molecule has 0 saturated heterocycles. The Kier molecular flexibility index (Phi) is 5.38. The zero-order chi connectivity index (χ0) is 7.11. The van der Waals surface area contributed by atoms with Crippen molar-refractivity contribution >= 4 is 8.03 Å². The van der Waals surface area contributed by atoms with E-state index in [-0.39, 0.29) is 6.16 Å². The first-order valence-corrected chi connectivity index (χ1v) is 4.06. The van der Waals surface area contributed by atoms with Crippen LogP contribution in [0.4, 0.5) is 0 Å². The second-order valence-electron chi connectivity index (χ2n) is 1.53. The fraction of sp³-hybridized carbons (Fsp3) is 0.333. The molecule has 0 aromatic rings. The van der Waals surface area contributed by atoms with Gasteiger partial charge < -0.3 is 0 Å². The van der Waals surface area contributed by atoms with Gasteiger partial charge >= 0.3 is 8.03 Å². The molecule has 1 unspecified atom stereocenters. The molecule has 0 aromatic heterocycles. The van der Waals surface area contributed by atoms with Gasteiger partial charge in [-0.25, -0.2) is 0 Å². The van der Waals surface area contributed by atoms with Gasteiger partial charge in [-0.2, -0.15) is 4.89 Å². The molecule has 0 aliphatic carbocycles. The average molecular weight is 145 g/mol. The van der Waals surface area contributed by atoms with Crippen LogP contribution in [0.1, 0.15) is 6.42 Å². The fourth-order valence-electron chi connectivity index (χ4n) is 0.357. The summed E-state index contributed by atoms with van der Waals surface area (Å²) in [6, 6.07) is 0. The molecule has 2 nitrogen and oxygen atoms in total. The summed E-state index contributed by atoms with van der Waals surface area (Å²) in [7, 11) is -1.99. The van der Waals surface area contributed by atoms with E-state index >= 15 is 0 Å². The van der Waals surface area contributed by atoms with E-state index in [1.807, 2.05) is 6.08 Å². The van der Waals surface area contributed by atoms with Gasteiger partial charge in [0.05, 0.1) is 0 Å². The SMILES string of the molecule is C=CCC=CC[P+](=O)O. The summed E-state index contributed by atoms with van der Waals surface area (Å²) in [4.78, 5) is 8.28. The quantitative estimate of drug-likeness (QED) is 0.484. The van der Waals surface area contributed by atoms with Gasteiger partial charge in [0.2, 0.25) is 0 Å². The second kappa shape index (κ2) is 5.67. The van der Waals surface area contributed by atoms with E-state index in [0.717, 1.165) is 6.42 Å². The van der Waals surface area contributed by atoms with E-state index in [4.69, 9.17) is 4.89 Å². The highest BCUT2D eigenvalue weighted by atomic mass is 31.1. The highest BCUT2D eigenvalue weighted by Gasteiger charge is 2.02. The van der Waals surface area contributed by atoms with Crippen LogP contribution in [0.2, 0.25) is 0 Å². The van der Waals surface area contributed by atoms with Crippen LogP contribution in [0.5, 0.6) is 0 Å². The monoisotopic (exact) mass is 145 g/mol. The van der Waals surface area contributed by atoms with E-state index in [0.29, 0.717) is 0 Å². The lowest BCUT2D eigenvalue weighted by molar-refractivity contribution is 0.506. The summed E-state index contributed by atoms with van der Waals surface area (Å²) in [5.74, 6) is 0. The first-order chi connectivity index (χ1) is 4.27. The third-order valence-corrected chi connectivity index (χ3v) is 1.25. The maximum absolute atomic E-state index is 10.0.